The molecule has 1 aliphatic rings. The maximum Gasteiger partial charge on any atom is 0.252 e. The summed E-state index contributed by atoms with van der Waals surface area (Å²) < 4.78 is 0. The standard InChI is InChI=1S/C10H11NO/c1-2-9-7-5-3-4-6-8(7)10(12)11-9/h3-6,9H,2H2,1H3,(H,11,12)/t9-/m0/s1. The molecule has 0 fully saturated rings. The van der Waals surface area contributed by atoms with E-state index in [0.29, 0.717) is 0 Å². The molecule has 0 radical (unpaired) electrons. The summed E-state index contributed by atoms with van der Waals surface area (Å²) in [5.74, 6) is 0.0671. The van der Waals surface area contributed by atoms with E-state index in [2.05, 4.69) is 12.2 Å². The summed E-state index contributed by atoms with van der Waals surface area (Å²) in [5.41, 5.74) is 1.98. The van der Waals surface area contributed by atoms with Gasteiger partial charge in [0.15, 0.2) is 0 Å². The molecule has 1 aromatic carbocycles. The maximum atomic E-state index is 11.3. The van der Waals surface area contributed by atoms with Gasteiger partial charge in [0.2, 0.25) is 0 Å². The average Bonchev–Trinajstić information content (AvgIpc) is 2.44. The Kier molecular flexibility index (Phi) is 1.61. The molecule has 0 bridgehead atoms. The summed E-state index contributed by atoms with van der Waals surface area (Å²) in [5, 5.41) is 2.93. The van der Waals surface area contributed by atoms with E-state index < -0.39 is 0 Å². The summed E-state index contributed by atoms with van der Waals surface area (Å²) in [7, 11) is 0. The normalized spacial score (nSPS) is 20.4. The maximum absolute atomic E-state index is 11.3. The number of fused-ring (bicyclic) bond motifs is 1. The van der Waals surface area contributed by atoms with E-state index in [-0.39, 0.29) is 11.9 Å². The van der Waals surface area contributed by atoms with Crippen molar-refractivity contribution in [2.75, 3.05) is 0 Å². The van der Waals surface area contributed by atoms with Crippen molar-refractivity contribution in [3.8, 4) is 0 Å². The minimum Gasteiger partial charge on any atom is -0.345 e. The average molecular weight is 161 g/mol. The van der Waals surface area contributed by atoms with E-state index in [1.165, 1.54) is 0 Å². The molecular weight excluding hydrogens is 150 g/mol. The predicted molar refractivity (Wildman–Crippen MR) is 46.9 cm³/mol. The molecule has 0 saturated heterocycles. The van der Waals surface area contributed by atoms with Crippen LogP contribution in [0.2, 0.25) is 0 Å². The first-order valence-electron chi connectivity index (χ1n) is 4.22. The Morgan fingerprint density at radius 1 is 1.42 bits per heavy atom. The van der Waals surface area contributed by atoms with Gasteiger partial charge in [0.1, 0.15) is 0 Å². The second-order valence-electron chi connectivity index (χ2n) is 3.02. The van der Waals surface area contributed by atoms with Crippen LogP contribution >= 0.6 is 0 Å². The fourth-order valence-corrected chi connectivity index (χ4v) is 1.64. The smallest absolute Gasteiger partial charge is 0.252 e. The van der Waals surface area contributed by atoms with Crippen molar-refractivity contribution in [3.05, 3.63) is 35.4 Å². The Balaban J connectivity index is 2.50. The molecule has 1 aromatic rings. The minimum absolute atomic E-state index is 0.0671. The van der Waals surface area contributed by atoms with Crippen LogP contribution in [-0.4, -0.2) is 5.91 Å². The molecule has 1 atom stereocenters. The summed E-state index contributed by atoms with van der Waals surface area (Å²) in [6.45, 7) is 2.08. The molecule has 0 aromatic heterocycles. The number of carbonyl (C=O) groups is 1. The Hall–Kier alpha value is -1.31. The molecule has 0 saturated carbocycles. The molecule has 1 heterocycles. The van der Waals surface area contributed by atoms with E-state index in [4.69, 9.17) is 0 Å². The van der Waals surface area contributed by atoms with Crippen LogP contribution in [0.1, 0.15) is 35.3 Å². The van der Waals surface area contributed by atoms with Gasteiger partial charge in [-0.1, -0.05) is 25.1 Å². The highest BCUT2D eigenvalue weighted by molar-refractivity contribution is 5.99. The Morgan fingerprint density at radius 3 is 2.92 bits per heavy atom. The first kappa shape index (κ1) is 7.35. The van der Waals surface area contributed by atoms with Gasteiger partial charge in [0, 0.05) is 5.56 Å². The van der Waals surface area contributed by atoms with Gasteiger partial charge < -0.3 is 5.32 Å². The van der Waals surface area contributed by atoms with Crippen molar-refractivity contribution in [1.82, 2.24) is 5.32 Å². The van der Waals surface area contributed by atoms with Crippen LogP contribution in [-0.2, 0) is 0 Å². The van der Waals surface area contributed by atoms with Crippen molar-refractivity contribution >= 4 is 5.91 Å². The Morgan fingerprint density at radius 2 is 2.17 bits per heavy atom. The predicted octanol–water partition coefficient (Wildman–Crippen LogP) is 1.88. The van der Waals surface area contributed by atoms with E-state index in [0.717, 1.165) is 17.5 Å². The van der Waals surface area contributed by atoms with Crippen LogP contribution in [0.25, 0.3) is 0 Å². The van der Waals surface area contributed by atoms with Crippen LogP contribution in [0, 0.1) is 0 Å². The monoisotopic (exact) mass is 161 g/mol. The van der Waals surface area contributed by atoms with Crippen molar-refractivity contribution in [1.29, 1.82) is 0 Å². The van der Waals surface area contributed by atoms with Crippen LogP contribution in [0.5, 0.6) is 0 Å². The second kappa shape index (κ2) is 2.63. The largest absolute Gasteiger partial charge is 0.345 e. The summed E-state index contributed by atoms with van der Waals surface area (Å²) in [6, 6.07) is 7.99. The third-order valence-corrected chi connectivity index (χ3v) is 2.29. The van der Waals surface area contributed by atoms with Crippen LogP contribution in [0.15, 0.2) is 24.3 Å². The van der Waals surface area contributed by atoms with Crippen molar-refractivity contribution in [2.45, 2.75) is 19.4 Å². The topological polar surface area (TPSA) is 29.1 Å². The second-order valence-corrected chi connectivity index (χ2v) is 3.02. The van der Waals surface area contributed by atoms with Gasteiger partial charge in [-0.3, -0.25) is 4.79 Å². The first-order chi connectivity index (χ1) is 5.83. The third-order valence-electron chi connectivity index (χ3n) is 2.29. The van der Waals surface area contributed by atoms with Gasteiger partial charge in [0.25, 0.3) is 5.91 Å². The van der Waals surface area contributed by atoms with Crippen LogP contribution < -0.4 is 5.32 Å². The van der Waals surface area contributed by atoms with E-state index in [1.54, 1.807) is 0 Å². The molecule has 1 aliphatic heterocycles. The van der Waals surface area contributed by atoms with Gasteiger partial charge in [0.05, 0.1) is 6.04 Å². The van der Waals surface area contributed by atoms with Gasteiger partial charge in [-0.25, -0.2) is 0 Å². The molecule has 12 heavy (non-hydrogen) atoms. The summed E-state index contributed by atoms with van der Waals surface area (Å²) in [4.78, 5) is 11.3. The Bertz CT molecular complexity index is 319. The van der Waals surface area contributed by atoms with Gasteiger partial charge in [-0.15, -0.1) is 0 Å². The number of carbonyl (C=O) groups excluding carboxylic acids is 1. The molecule has 0 unspecified atom stereocenters. The number of amides is 1. The number of hydrogen-bond donors (Lipinski definition) is 1. The van der Waals surface area contributed by atoms with Crippen LogP contribution in [0.4, 0.5) is 0 Å². The van der Waals surface area contributed by atoms with Crippen molar-refractivity contribution in [2.24, 2.45) is 0 Å². The van der Waals surface area contributed by atoms with E-state index in [1.807, 2.05) is 24.3 Å². The van der Waals surface area contributed by atoms with Crippen molar-refractivity contribution in [3.63, 3.8) is 0 Å². The lowest BCUT2D eigenvalue weighted by Crippen LogP contribution is -2.17. The molecule has 2 rings (SSSR count). The minimum atomic E-state index is 0.0671. The highest BCUT2D eigenvalue weighted by Crippen LogP contribution is 2.26. The highest BCUT2D eigenvalue weighted by atomic mass is 16.2. The molecule has 62 valence electrons. The Labute approximate surface area is 71.6 Å². The molecule has 2 nitrogen and oxygen atoms in total. The number of benzene rings is 1. The van der Waals surface area contributed by atoms with Crippen LogP contribution in [0.3, 0.4) is 0 Å². The summed E-state index contributed by atoms with van der Waals surface area (Å²) in [6.07, 6.45) is 0.961. The van der Waals surface area contributed by atoms with Gasteiger partial charge >= 0.3 is 0 Å². The van der Waals surface area contributed by atoms with Gasteiger partial charge in [-0.05, 0) is 18.1 Å². The zero-order valence-electron chi connectivity index (χ0n) is 7.00. The highest BCUT2D eigenvalue weighted by Gasteiger charge is 2.25. The lowest BCUT2D eigenvalue weighted by atomic mass is 10.0. The fourth-order valence-electron chi connectivity index (χ4n) is 1.64. The SMILES string of the molecule is CC[C@@H]1NC(=O)c2ccccc21. The molecular formula is C10H11NO. The number of rotatable bonds is 1. The molecule has 2 heteroatoms. The summed E-state index contributed by atoms with van der Waals surface area (Å²) >= 11 is 0. The molecule has 0 spiro atoms. The molecule has 1 N–H and O–H groups in total. The number of nitrogens with one attached hydrogen (secondary N) is 1. The zero-order chi connectivity index (χ0) is 8.55. The quantitative estimate of drug-likeness (QED) is 0.669. The lowest BCUT2D eigenvalue weighted by molar-refractivity contribution is 0.0955. The third kappa shape index (κ3) is 0.916. The zero-order valence-corrected chi connectivity index (χ0v) is 7.00. The van der Waals surface area contributed by atoms with Crippen molar-refractivity contribution < 1.29 is 4.79 Å². The fraction of sp³-hybridized carbons (Fsp3) is 0.300. The van der Waals surface area contributed by atoms with E-state index in [9.17, 15) is 4.79 Å². The molecule has 1 amide bonds. The number of hydrogen-bond acceptors (Lipinski definition) is 1. The lowest BCUT2D eigenvalue weighted by Gasteiger charge is -2.06. The first-order valence-corrected chi connectivity index (χ1v) is 4.22. The van der Waals surface area contributed by atoms with Gasteiger partial charge in [-0.2, -0.15) is 0 Å². The van der Waals surface area contributed by atoms with E-state index >= 15 is 0 Å². The molecule has 0 aliphatic carbocycles.